The molecule has 106 valence electrons. The summed E-state index contributed by atoms with van der Waals surface area (Å²) in [5.41, 5.74) is 7.87. The molecule has 4 N–H and O–H groups in total. The molecule has 1 aliphatic rings. The van der Waals surface area contributed by atoms with Crippen LogP contribution >= 0.6 is 0 Å². The first-order chi connectivity index (χ1) is 8.93. The quantitative estimate of drug-likeness (QED) is 0.783. The Labute approximate surface area is 114 Å². The van der Waals surface area contributed by atoms with E-state index in [2.05, 4.69) is 29.4 Å². The monoisotopic (exact) mass is 264 g/mol. The Morgan fingerprint density at radius 1 is 1.58 bits per heavy atom. The van der Waals surface area contributed by atoms with E-state index in [1.807, 2.05) is 6.92 Å². The first kappa shape index (κ1) is 13.9. The zero-order chi connectivity index (χ0) is 14.0. The number of nitrogen functional groups attached to an aromatic ring is 1. The number of hydrogen-bond acceptors (Lipinski definition) is 3. The molecule has 1 fully saturated rings. The number of amides is 1. The van der Waals surface area contributed by atoms with Crippen LogP contribution in [-0.2, 0) is 6.42 Å². The van der Waals surface area contributed by atoms with Crippen molar-refractivity contribution in [2.24, 2.45) is 5.41 Å². The van der Waals surface area contributed by atoms with Crippen LogP contribution in [0.15, 0.2) is 0 Å². The molecule has 1 saturated carbocycles. The van der Waals surface area contributed by atoms with E-state index in [1.165, 1.54) is 6.42 Å². The summed E-state index contributed by atoms with van der Waals surface area (Å²) in [4.78, 5) is 12.2. The summed E-state index contributed by atoms with van der Waals surface area (Å²) in [6.45, 7) is 6.49. The second kappa shape index (κ2) is 5.23. The van der Waals surface area contributed by atoms with Gasteiger partial charge in [0, 0.05) is 6.04 Å². The van der Waals surface area contributed by atoms with Gasteiger partial charge in [0.2, 0.25) is 0 Å². The maximum atomic E-state index is 12.2. The molecule has 0 radical (unpaired) electrons. The molecule has 1 atom stereocenters. The molecule has 0 saturated heterocycles. The summed E-state index contributed by atoms with van der Waals surface area (Å²) in [6, 6.07) is 0.234. The van der Waals surface area contributed by atoms with Crippen LogP contribution in [0, 0.1) is 5.41 Å². The normalized spacial score (nSPS) is 22.2. The van der Waals surface area contributed by atoms with Gasteiger partial charge in [0.25, 0.3) is 5.91 Å². The minimum Gasteiger partial charge on any atom is -0.395 e. The Morgan fingerprint density at radius 3 is 2.89 bits per heavy atom. The van der Waals surface area contributed by atoms with Crippen LogP contribution < -0.4 is 11.1 Å². The highest BCUT2D eigenvalue weighted by molar-refractivity contribution is 5.97. The van der Waals surface area contributed by atoms with Crippen molar-refractivity contribution in [2.45, 2.75) is 58.9 Å². The minimum absolute atomic E-state index is 0.156. The van der Waals surface area contributed by atoms with Crippen LogP contribution in [0.4, 0.5) is 5.69 Å². The molecule has 0 aliphatic heterocycles. The lowest BCUT2D eigenvalue weighted by Gasteiger charge is -2.35. The SMILES string of the molecule is CCc1[nH]nc(C(=O)NC2CCCC(C)(C)C2)c1N. The first-order valence-electron chi connectivity index (χ1n) is 7.06. The summed E-state index contributed by atoms with van der Waals surface area (Å²) in [5.74, 6) is -0.156. The van der Waals surface area contributed by atoms with E-state index < -0.39 is 0 Å². The standard InChI is InChI=1S/C14H24N4O/c1-4-10-11(15)12(18-17-10)13(19)16-9-6-5-7-14(2,3)8-9/h9H,4-8,15H2,1-3H3,(H,16,19)(H,17,18). The molecule has 5 nitrogen and oxygen atoms in total. The van der Waals surface area contributed by atoms with Crippen molar-refractivity contribution in [3.05, 3.63) is 11.4 Å². The van der Waals surface area contributed by atoms with Crippen molar-refractivity contribution in [1.82, 2.24) is 15.5 Å². The van der Waals surface area contributed by atoms with Crippen molar-refractivity contribution in [1.29, 1.82) is 0 Å². The van der Waals surface area contributed by atoms with Gasteiger partial charge in [-0.3, -0.25) is 9.89 Å². The van der Waals surface area contributed by atoms with Gasteiger partial charge in [-0.25, -0.2) is 0 Å². The van der Waals surface area contributed by atoms with Crippen LogP contribution in [-0.4, -0.2) is 22.1 Å². The van der Waals surface area contributed by atoms with Gasteiger partial charge in [0.15, 0.2) is 5.69 Å². The average Bonchev–Trinajstić information content (AvgIpc) is 2.69. The Kier molecular flexibility index (Phi) is 3.83. The lowest BCUT2D eigenvalue weighted by Crippen LogP contribution is -2.41. The van der Waals surface area contributed by atoms with Gasteiger partial charge >= 0.3 is 0 Å². The van der Waals surface area contributed by atoms with Crippen LogP contribution in [0.5, 0.6) is 0 Å². The molecule has 5 heteroatoms. The van der Waals surface area contributed by atoms with E-state index in [1.54, 1.807) is 0 Å². The number of carbonyl (C=O) groups is 1. The molecule has 1 unspecified atom stereocenters. The van der Waals surface area contributed by atoms with Crippen LogP contribution in [0.3, 0.4) is 0 Å². The molecule has 1 aliphatic carbocycles. The van der Waals surface area contributed by atoms with Gasteiger partial charge in [-0.2, -0.15) is 5.10 Å². The third kappa shape index (κ3) is 3.08. The number of rotatable bonds is 3. The van der Waals surface area contributed by atoms with E-state index >= 15 is 0 Å². The van der Waals surface area contributed by atoms with Gasteiger partial charge in [-0.05, 0) is 31.1 Å². The summed E-state index contributed by atoms with van der Waals surface area (Å²) < 4.78 is 0. The smallest absolute Gasteiger partial charge is 0.274 e. The molecule has 2 rings (SSSR count). The number of nitrogens with zero attached hydrogens (tertiary/aromatic N) is 1. The fourth-order valence-corrected chi connectivity index (χ4v) is 2.90. The molecule has 1 aromatic rings. The van der Waals surface area contributed by atoms with Gasteiger partial charge in [0.05, 0.1) is 11.4 Å². The minimum atomic E-state index is -0.156. The van der Waals surface area contributed by atoms with Crippen molar-refractivity contribution in [3.8, 4) is 0 Å². The summed E-state index contributed by atoms with van der Waals surface area (Å²) in [6.07, 6.45) is 5.20. The number of anilines is 1. The zero-order valence-electron chi connectivity index (χ0n) is 12.0. The number of aryl methyl sites for hydroxylation is 1. The molecule has 1 aromatic heterocycles. The highest BCUT2D eigenvalue weighted by Crippen LogP contribution is 2.35. The Bertz CT molecular complexity index is 464. The maximum Gasteiger partial charge on any atom is 0.274 e. The molecule has 19 heavy (non-hydrogen) atoms. The molecule has 0 aromatic carbocycles. The van der Waals surface area contributed by atoms with Crippen LogP contribution in [0.25, 0.3) is 0 Å². The largest absolute Gasteiger partial charge is 0.395 e. The first-order valence-corrected chi connectivity index (χ1v) is 7.06. The number of nitrogens with two attached hydrogens (primary N) is 1. The predicted molar refractivity (Wildman–Crippen MR) is 75.9 cm³/mol. The van der Waals surface area contributed by atoms with E-state index in [0.29, 0.717) is 16.8 Å². The third-order valence-corrected chi connectivity index (χ3v) is 3.99. The third-order valence-electron chi connectivity index (χ3n) is 3.99. The van der Waals surface area contributed by atoms with Gasteiger partial charge < -0.3 is 11.1 Å². The second-order valence-corrected chi connectivity index (χ2v) is 6.25. The van der Waals surface area contributed by atoms with E-state index in [-0.39, 0.29) is 11.9 Å². The molecular formula is C14H24N4O. The van der Waals surface area contributed by atoms with Crippen molar-refractivity contribution in [3.63, 3.8) is 0 Å². The molecule has 0 bridgehead atoms. The Balaban J connectivity index is 2.02. The van der Waals surface area contributed by atoms with Crippen LogP contribution in [0.2, 0.25) is 0 Å². The Hall–Kier alpha value is -1.52. The van der Waals surface area contributed by atoms with Crippen molar-refractivity contribution < 1.29 is 4.79 Å². The summed E-state index contributed by atoms with van der Waals surface area (Å²) >= 11 is 0. The number of aromatic amines is 1. The lowest BCUT2D eigenvalue weighted by atomic mass is 9.75. The maximum absolute atomic E-state index is 12.2. The fourth-order valence-electron chi connectivity index (χ4n) is 2.90. The number of carbonyl (C=O) groups excluding carboxylic acids is 1. The van der Waals surface area contributed by atoms with Gasteiger partial charge in [-0.1, -0.05) is 27.2 Å². The number of aromatic nitrogens is 2. The van der Waals surface area contributed by atoms with E-state index in [0.717, 1.165) is 31.4 Å². The lowest BCUT2D eigenvalue weighted by molar-refractivity contribution is 0.0898. The molecule has 1 heterocycles. The molecule has 0 spiro atoms. The van der Waals surface area contributed by atoms with Gasteiger partial charge in [0.1, 0.15) is 0 Å². The Morgan fingerprint density at radius 2 is 2.32 bits per heavy atom. The summed E-state index contributed by atoms with van der Waals surface area (Å²) in [7, 11) is 0. The molecule has 1 amide bonds. The van der Waals surface area contributed by atoms with Crippen LogP contribution in [0.1, 0.15) is 62.6 Å². The van der Waals surface area contributed by atoms with E-state index in [4.69, 9.17) is 5.73 Å². The van der Waals surface area contributed by atoms with Crippen molar-refractivity contribution in [2.75, 3.05) is 5.73 Å². The molecular weight excluding hydrogens is 240 g/mol. The average molecular weight is 264 g/mol. The second-order valence-electron chi connectivity index (χ2n) is 6.25. The number of nitrogens with one attached hydrogen (secondary N) is 2. The van der Waals surface area contributed by atoms with Gasteiger partial charge in [-0.15, -0.1) is 0 Å². The topological polar surface area (TPSA) is 83.8 Å². The number of H-pyrrole nitrogens is 1. The summed E-state index contributed by atoms with van der Waals surface area (Å²) in [5, 5.41) is 9.92. The number of hydrogen-bond donors (Lipinski definition) is 3. The zero-order valence-corrected chi connectivity index (χ0v) is 12.0. The van der Waals surface area contributed by atoms with Crippen molar-refractivity contribution >= 4 is 11.6 Å². The van der Waals surface area contributed by atoms with E-state index in [9.17, 15) is 4.79 Å². The fraction of sp³-hybridized carbons (Fsp3) is 0.714. The highest BCUT2D eigenvalue weighted by Gasteiger charge is 2.29. The predicted octanol–water partition coefficient (Wildman–Crippen LogP) is 2.25. The highest BCUT2D eigenvalue weighted by atomic mass is 16.2.